The number of aliphatic hydroxyl groups is 2. The van der Waals surface area contributed by atoms with Gasteiger partial charge in [0.05, 0.1) is 0 Å². The average molecular weight is 284 g/mol. The van der Waals surface area contributed by atoms with E-state index in [-0.39, 0.29) is 0 Å². The lowest BCUT2D eigenvalue weighted by atomic mass is 10.0. The van der Waals surface area contributed by atoms with Crippen LogP contribution in [0, 0.1) is 0 Å². The molecule has 0 atom stereocenters. The summed E-state index contributed by atoms with van der Waals surface area (Å²) >= 11 is 0. The molecule has 0 saturated carbocycles. The van der Waals surface area contributed by atoms with Crippen LogP contribution in [0.1, 0.15) is 0 Å². The molecule has 0 aliphatic carbocycles. The van der Waals surface area contributed by atoms with Gasteiger partial charge in [-0.05, 0) is 0 Å². The minimum atomic E-state index is -7.41. The van der Waals surface area contributed by atoms with Gasteiger partial charge in [0.25, 0.3) is 0 Å². The Bertz CT molecular complexity index is 258. The van der Waals surface area contributed by atoms with Crippen molar-refractivity contribution in [3.8, 4) is 0 Å². The van der Waals surface area contributed by atoms with E-state index in [4.69, 9.17) is 10.2 Å². The standard InChI is InChI=1S/C5H2F10O2/c6-1(7,2(8,9)4(12,13)14)3(10,11)5(15,16)17/h16-17H. The van der Waals surface area contributed by atoms with Gasteiger partial charge >= 0.3 is 30.0 Å². The second-order valence-corrected chi connectivity index (χ2v) is 2.81. The summed E-state index contributed by atoms with van der Waals surface area (Å²) in [6.07, 6.45) is -7.15. The van der Waals surface area contributed by atoms with Crippen molar-refractivity contribution >= 4 is 0 Å². The highest BCUT2D eigenvalue weighted by molar-refractivity contribution is 5.03. The number of halogens is 10. The van der Waals surface area contributed by atoms with Gasteiger partial charge in [0.1, 0.15) is 0 Å². The molecular formula is C5H2F10O2. The van der Waals surface area contributed by atoms with Crippen LogP contribution in [0.15, 0.2) is 0 Å². The van der Waals surface area contributed by atoms with E-state index < -0.39 is 30.0 Å². The quantitative estimate of drug-likeness (QED) is 0.615. The highest BCUT2D eigenvalue weighted by Crippen LogP contribution is 2.55. The zero-order valence-corrected chi connectivity index (χ0v) is 7.17. The summed E-state index contributed by atoms with van der Waals surface area (Å²) < 4.78 is 119. The number of rotatable bonds is 3. The van der Waals surface area contributed by atoms with Crippen LogP contribution in [0.2, 0.25) is 0 Å². The zero-order chi connectivity index (χ0) is 14.5. The smallest absolute Gasteiger partial charge is 0.335 e. The Labute approximate surface area is 85.4 Å². The molecule has 0 amide bonds. The lowest BCUT2D eigenvalue weighted by molar-refractivity contribution is -0.465. The van der Waals surface area contributed by atoms with Gasteiger partial charge in [-0.15, -0.1) is 0 Å². The maximum absolute atomic E-state index is 12.2. The highest BCUT2D eigenvalue weighted by Gasteiger charge is 2.86. The SMILES string of the molecule is OC(O)(F)C(F)(F)C(F)(F)C(F)(F)C(F)(F)F. The molecule has 0 unspecified atom stereocenters. The van der Waals surface area contributed by atoms with Crippen molar-refractivity contribution in [2.24, 2.45) is 0 Å². The first-order chi connectivity index (χ1) is 7.00. The van der Waals surface area contributed by atoms with Crippen molar-refractivity contribution in [2.75, 3.05) is 0 Å². The molecule has 0 bridgehead atoms. The van der Waals surface area contributed by atoms with Gasteiger partial charge in [0.15, 0.2) is 0 Å². The maximum Gasteiger partial charge on any atom is 0.460 e. The molecule has 104 valence electrons. The number of alkyl halides is 10. The van der Waals surface area contributed by atoms with E-state index >= 15 is 0 Å². The van der Waals surface area contributed by atoms with E-state index in [1.165, 1.54) is 0 Å². The predicted molar refractivity (Wildman–Crippen MR) is 29.2 cm³/mol. The molecule has 0 radical (unpaired) electrons. The van der Waals surface area contributed by atoms with Gasteiger partial charge in [-0.3, -0.25) is 0 Å². The van der Waals surface area contributed by atoms with Crippen molar-refractivity contribution in [1.29, 1.82) is 0 Å². The maximum atomic E-state index is 12.2. The van der Waals surface area contributed by atoms with Gasteiger partial charge in [-0.1, -0.05) is 0 Å². The molecule has 17 heavy (non-hydrogen) atoms. The molecule has 0 fully saturated rings. The topological polar surface area (TPSA) is 40.5 Å². The summed E-state index contributed by atoms with van der Waals surface area (Å²) in [6, 6.07) is -6.26. The van der Waals surface area contributed by atoms with Crippen LogP contribution >= 0.6 is 0 Å². The van der Waals surface area contributed by atoms with Gasteiger partial charge in [0, 0.05) is 0 Å². The van der Waals surface area contributed by atoms with Gasteiger partial charge in [0.2, 0.25) is 0 Å². The summed E-state index contributed by atoms with van der Waals surface area (Å²) in [5.74, 6) is -21.9. The summed E-state index contributed by atoms with van der Waals surface area (Å²) in [5, 5.41) is 14.9. The largest absolute Gasteiger partial charge is 0.460 e. The molecule has 0 aromatic heterocycles. The molecule has 0 aliphatic heterocycles. The van der Waals surface area contributed by atoms with E-state index in [9.17, 15) is 43.9 Å². The average Bonchev–Trinajstić information content (AvgIpc) is 1.98. The van der Waals surface area contributed by atoms with Crippen molar-refractivity contribution < 1.29 is 54.1 Å². The molecule has 12 heteroatoms. The summed E-state index contributed by atoms with van der Waals surface area (Å²) in [7, 11) is 0. The van der Waals surface area contributed by atoms with Crippen LogP contribution in [0.3, 0.4) is 0 Å². The van der Waals surface area contributed by atoms with Crippen LogP contribution in [-0.2, 0) is 0 Å². The molecule has 2 nitrogen and oxygen atoms in total. The van der Waals surface area contributed by atoms with Gasteiger partial charge in [-0.25, -0.2) is 0 Å². The Morgan fingerprint density at radius 3 is 0.941 bits per heavy atom. The Morgan fingerprint density at radius 1 is 0.471 bits per heavy atom. The van der Waals surface area contributed by atoms with Crippen molar-refractivity contribution in [3.63, 3.8) is 0 Å². The van der Waals surface area contributed by atoms with Crippen LogP contribution in [0.4, 0.5) is 43.9 Å². The van der Waals surface area contributed by atoms with Crippen molar-refractivity contribution in [3.05, 3.63) is 0 Å². The van der Waals surface area contributed by atoms with Crippen LogP contribution in [-0.4, -0.2) is 40.2 Å². The highest BCUT2D eigenvalue weighted by atomic mass is 19.4. The van der Waals surface area contributed by atoms with E-state index in [0.717, 1.165) is 0 Å². The van der Waals surface area contributed by atoms with E-state index in [0.29, 0.717) is 0 Å². The fourth-order valence-electron chi connectivity index (χ4n) is 0.575. The second kappa shape index (κ2) is 3.60. The molecule has 0 aromatic carbocycles. The van der Waals surface area contributed by atoms with Crippen LogP contribution in [0.5, 0.6) is 0 Å². The fraction of sp³-hybridized carbons (Fsp3) is 1.00. The van der Waals surface area contributed by atoms with Crippen LogP contribution in [0.25, 0.3) is 0 Å². The third kappa shape index (κ3) is 2.14. The Balaban J connectivity index is 5.73. The first kappa shape index (κ1) is 16.2. The molecule has 0 rings (SSSR count). The number of hydrogen-bond acceptors (Lipinski definition) is 2. The Morgan fingerprint density at radius 2 is 0.765 bits per heavy atom. The first-order valence-electron chi connectivity index (χ1n) is 3.34. The third-order valence-corrected chi connectivity index (χ3v) is 1.54. The van der Waals surface area contributed by atoms with Gasteiger partial charge < -0.3 is 10.2 Å². The summed E-state index contributed by atoms with van der Waals surface area (Å²) in [4.78, 5) is 0. The molecule has 0 aliphatic rings. The van der Waals surface area contributed by atoms with E-state index in [1.54, 1.807) is 0 Å². The zero-order valence-electron chi connectivity index (χ0n) is 7.17. The predicted octanol–water partition coefficient (Wildman–Crippen LogP) is 2.06. The Kier molecular flexibility index (Phi) is 3.44. The molecule has 0 heterocycles. The van der Waals surface area contributed by atoms with E-state index in [2.05, 4.69) is 0 Å². The minimum Gasteiger partial charge on any atom is -0.335 e. The van der Waals surface area contributed by atoms with Crippen LogP contribution < -0.4 is 0 Å². The Hall–Kier alpha value is -0.780. The third-order valence-electron chi connectivity index (χ3n) is 1.54. The molecule has 2 N–H and O–H groups in total. The summed E-state index contributed by atoms with van der Waals surface area (Å²) in [5.41, 5.74) is 0. The lowest BCUT2D eigenvalue weighted by Gasteiger charge is -2.35. The van der Waals surface area contributed by atoms with Crippen molar-refractivity contribution in [2.45, 2.75) is 30.0 Å². The fourth-order valence-corrected chi connectivity index (χ4v) is 0.575. The van der Waals surface area contributed by atoms with E-state index in [1.807, 2.05) is 0 Å². The molecule has 0 spiro atoms. The lowest BCUT2D eigenvalue weighted by Crippen LogP contribution is -2.67. The molecule has 0 aromatic rings. The normalized spacial score (nSPS) is 16.2. The van der Waals surface area contributed by atoms with Gasteiger partial charge in [-0.2, -0.15) is 43.9 Å². The molecule has 0 saturated heterocycles. The molecular weight excluding hydrogens is 282 g/mol. The second-order valence-electron chi connectivity index (χ2n) is 2.81. The number of hydrogen-bond donors (Lipinski definition) is 2. The minimum absolute atomic E-state index is 6.26. The first-order valence-corrected chi connectivity index (χ1v) is 3.34. The summed E-state index contributed by atoms with van der Waals surface area (Å²) in [6.45, 7) is 0. The van der Waals surface area contributed by atoms with Crippen molar-refractivity contribution in [1.82, 2.24) is 0 Å². The monoisotopic (exact) mass is 284 g/mol.